The Morgan fingerprint density at radius 2 is 2.19 bits per heavy atom. The molecule has 0 aromatic carbocycles. The fourth-order valence-electron chi connectivity index (χ4n) is 3.66. The molecule has 1 aromatic rings. The van der Waals surface area contributed by atoms with Crippen LogP contribution >= 0.6 is 11.5 Å². The zero-order valence-corrected chi connectivity index (χ0v) is 13.7. The van der Waals surface area contributed by atoms with Crippen molar-refractivity contribution in [1.29, 1.82) is 0 Å². The summed E-state index contributed by atoms with van der Waals surface area (Å²) in [4.78, 5) is 1.30. The maximum Gasteiger partial charge on any atom is 0.0772 e. The van der Waals surface area contributed by atoms with E-state index in [1.165, 1.54) is 16.4 Å². The highest BCUT2D eigenvalue weighted by molar-refractivity contribution is 7.05. The predicted molar refractivity (Wildman–Crippen MR) is 82.5 cm³/mol. The van der Waals surface area contributed by atoms with Gasteiger partial charge >= 0.3 is 0 Å². The summed E-state index contributed by atoms with van der Waals surface area (Å²) in [5.74, 6) is 0.595. The standard InChI is InChI=1S/C15H25N3O2S/c1-3-16-13(14-11(2)17-18-21-14)12-4-7-20-15(10-12)5-8-19-9-6-15/h12-13,16H,3-10H2,1-2H3. The van der Waals surface area contributed by atoms with E-state index in [0.29, 0.717) is 12.0 Å². The van der Waals surface area contributed by atoms with E-state index in [1.807, 2.05) is 0 Å². The molecule has 3 heterocycles. The van der Waals surface area contributed by atoms with E-state index in [-0.39, 0.29) is 5.60 Å². The van der Waals surface area contributed by atoms with Gasteiger partial charge in [0, 0.05) is 25.9 Å². The molecule has 1 N–H and O–H groups in total. The van der Waals surface area contributed by atoms with Crippen molar-refractivity contribution in [3.63, 3.8) is 0 Å². The molecule has 2 fully saturated rings. The molecule has 118 valence electrons. The van der Waals surface area contributed by atoms with Crippen molar-refractivity contribution in [1.82, 2.24) is 14.9 Å². The lowest BCUT2D eigenvalue weighted by molar-refractivity contribution is -0.150. The lowest BCUT2D eigenvalue weighted by atomic mass is 9.77. The number of hydrogen-bond donors (Lipinski definition) is 1. The molecule has 2 saturated heterocycles. The van der Waals surface area contributed by atoms with E-state index in [1.54, 1.807) is 0 Å². The zero-order chi connectivity index (χ0) is 14.7. The summed E-state index contributed by atoms with van der Waals surface area (Å²) in [6.07, 6.45) is 4.29. The predicted octanol–water partition coefficient (Wildman–Crippen LogP) is 2.47. The average molecular weight is 311 g/mol. The Morgan fingerprint density at radius 1 is 1.38 bits per heavy atom. The van der Waals surface area contributed by atoms with E-state index in [2.05, 4.69) is 28.8 Å². The summed E-state index contributed by atoms with van der Waals surface area (Å²) in [6, 6.07) is 0.360. The van der Waals surface area contributed by atoms with Crippen molar-refractivity contribution in [2.75, 3.05) is 26.4 Å². The van der Waals surface area contributed by atoms with Gasteiger partial charge in [0.2, 0.25) is 0 Å². The lowest BCUT2D eigenvalue weighted by Gasteiger charge is -2.45. The molecule has 0 amide bonds. The van der Waals surface area contributed by atoms with Gasteiger partial charge in [0.1, 0.15) is 0 Å². The number of ether oxygens (including phenoxy) is 2. The third kappa shape index (κ3) is 3.28. The van der Waals surface area contributed by atoms with Crippen molar-refractivity contribution in [3.05, 3.63) is 10.6 Å². The SMILES string of the molecule is CCNC(c1snnc1C)C1CCOC2(CCOCC2)C1. The number of aryl methyl sites for hydroxylation is 1. The molecule has 5 nitrogen and oxygen atoms in total. The first kappa shape index (κ1) is 15.3. The van der Waals surface area contributed by atoms with Crippen molar-refractivity contribution < 1.29 is 9.47 Å². The van der Waals surface area contributed by atoms with Gasteiger partial charge in [0.05, 0.1) is 16.2 Å². The second kappa shape index (κ2) is 6.69. The monoisotopic (exact) mass is 311 g/mol. The minimum atomic E-state index is 0.0425. The molecule has 1 spiro atoms. The molecule has 2 atom stereocenters. The highest BCUT2D eigenvalue weighted by Crippen LogP contribution is 2.42. The van der Waals surface area contributed by atoms with Gasteiger partial charge in [-0.2, -0.15) is 0 Å². The van der Waals surface area contributed by atoms with Crippen LogP contribution in [0.2, 0.25) is 0 Å². The minimum absolute atomic E-state index is 0.0425. The molecule has 0 bridgehead atoms. The summed E-state index contributed by atoms with van der Waals surface area (Å²) >= 11 is 1.54. The second-order valence-electron chi connectivity index (χ2n) is 6.15. The number of nitrogens with zero attached hydrogens (tertiary/aromatic N) is 2. The van der Waals surface area contributed by atoms with Gasteiger partial charge in [0.25, 0.3) is 0 Å². The topological polar surface area (TPSA) is 56.3 Å². The summed E-state index contributed by atoms with van der Waals surface area (Å²) in [5.41, 5.74) is 1.11. The van der Waals surface area contributed by atoms with Crippen LogP contribution in [0, 0.1) is 12.8 Å². The van der Waals surface area contributed by atoms with Crippen molar-refractivity contribution >= 4 is 11.5 Å². The Labute approximate surface area is 130 Å². The first-order chi connectivity index (χ1) is 10.2. The largest absolute Gasteiger partial charge is 0.381 e. The fraction of sp³-hybridized carbons (Fsp3) is 0.867. The molecular weight excluding hydrogens is 286 g/mol. The summed E-state index contributed by atoms with van der Waals surface area (Å²) in [5, 5.41) is 7.86. The van der Waals surface area contributed by atoms with E-state index in [0.717, 1.165) is 57.7 Å². The van der Waals surface area contributed by atoms with Crippen molar-refractivity contribution in [3.8, 4) is 0 Å². The average Bonchev–Trinajstić information content (AvgIpc) is 2.91. The molecule has 6 heteroatoms. The third-order valence-corrected chi connectivity index (χ3v) is 5.71. The highest BCUT2D eigenvalue weighted by atomic mass is 32.1. The molecule has 0 saturated carbocycles. The molecule has 2 aliphatic rings. The summed E-state index contributed by atoms with van der Waals surface area (Å²) in [7, 11) is 0. The van der Waals surface area contributed by atoms with E-state index >= 15 is 0 Å². The van der Waals surface area contributed by atoms with Gasteiger partial charge < -0.3 is 14.8 Å². The lowest BCUT2D eigenvalue weighted by Crippen LogP contribution is -2.47. The van der Waals surface area contributed by atoms with Crippen LogP contribution in [0.1, 0.15) is 49.2 Å². The second-order valence-corrected chi connectivity index (χ2v) is 6.94. The number of aromatic nitrogens is 2. The number of nitrogens with one attached hydrogen (secondary N) is 1. The number of rotatable bonds is 4. The fourth-order valence-corrected chi connectivity index (χ4v) is 4.47. The Bertz CT molecular complexity index is 454. The quantitative estimate of drug-likeness (QED) is 0.926. The van der Waals surface area contributed by atoms with Gasteiger partial charge in [0.15, 0.2) is 0 Å². The van der Waals surface area contributed by atoms with Crippen molar-refractivity contribution in [2.24, 2.45) is 5.92 Å². The Kier molecular flexibility index (Phi) is 4.88. The molecular formula is C15H25N3O2S. The van der Waals surface area contributed by atoms with Crippen LogP contribution in [0.15, 0.2) is 0 Å². The van der Waals surface area contributed by atoms with Crippen LogP contribution in [0.25, 0.3) is 0 Å². The Morgan fingerprint density at radius 3 is 2.86 bits per heavy atom. The van der Waals surface area contributed by atoms with Gasteiger partial charge in [-0.25, -0.2) is 0 Å². The van der Waals surface area contributed by atoms with Crippen LogP contribution in [0.3, 0.4) is 0 Å². The first-order valence-corrected chi connectivity index (χ1v) is 8.75. The van der Waals surface area contributed by atoms with Crippen LogP contribution in [-0.2, 0) is 9.47 Å². The summed E-state index contributed by atoms with van der Waals surface area (Å²) < 4.78 is 15.8. The van der Waals surface area contributed by atoms with E-state index in [9.17, 15) is 0 Å². The number of hydrogen-bond acceptors (Lipinski definition) is 6. The third-order valence-electron chi connectivity index (χ3n) is 4.80. The van der Waals surface area contributed by atoms with Crippen molar-refractivity contribution in [2.45, 2.75) is 51.2 Å². The van der Waals surface area contributed by atoms with Crippen LogP contribution in [0.4, 0.5) is 0 Å². The molecule has 0 radical (unpaired) electrons. The zero-order valence-electron chi connectivity index (χ0n) is 12.9. The maximum atomic E-state index is 6.18. The summed E-state index contributed by atoms with van der Waals surface area (Å²) in [6.45, 7) is 7.72. The van der Waals surface area contributed by atoms with E-state index in [4.69, 9.17) is 9.47 Å². The normalized spacial score (nSPS) is 26.9. The molecule has 1 aromatic heterocycles. The minimum Gasteiger partial charge on any atom is -0.381 e. The Balaban J connectivity index is 1.77. The van der Waals surface area contributed by atoms with Gasteiger partial charge in [-0.05, 0) is 56.6 Å². The maximum absolute atomic E-state index is 6.18. The molecule has 2 unspecified atom stereocenters. The van der Waals surface area contributed by atoms with Gasteiger partial charge in [-0.1, -0.05) is 11.4 Å². The van der Waals surface area contributed by atoms with Gasteiger partial charge in [-0.3, -0.25) is 0 Å². The molecule has 0 aliphatic carbocycles. The highest BCUT2D eigenvalue weighted by Gasteiger charge is 2.42. The van der Waals surface area contributed by atoms with Gasteiger partial charge in [-0.15, -0.1) is 5.10 Å². The van der Waals surface area contributed by atoms with Crippen LogP contribution in [-0.4, -0.2) is 41.6 Å². The van der Waals surface area contributed by atoms with Crippen LogP contribution < -0.4 is 5.32 Å². The smallest absolute Gasteiger partial charge is 0.0772 e. The van der Waals surface area contributed by atoms with Crippen LogP contribution in [0.5, 0.6) is 0 Å². The molecule has 2 aliphatic heterocycles. The first-order valence-electron chi connectivity index (χ1n) is 7.98. The van der Waals surface area contributed by atoms with E-state index < -0.39 is 0 Å². The molecule has 3 rings (SSSR count). The molecule has 21 heavy (non-hydrogen) atoms. The Hall–Kier alpha value is -0.560.